The van der Waals surface area contributed by atoms with Crippen LogP contribution in [0.2, 0.25) is 0 Å². The van der Waals surface area contributed by atoms with Crippen LogP contribution in [0.15, 0.2) is 36.5 Å². The molecular weight excluding hydrogens is 236 g/mol. The van der Waals surface area contributed by atoms with Gasteiger partial charge in [0.15, 0.2) is 0 Å². The lowest BCUT2D eigenvalue weighted by molar-refractivity contribution is 0.450. The van der Waals surface area contributed by atoms with E-state index in [0.29, 0.717) is 5.88 Å². The molecule has 0 aliphatic carbocycles. The van der Waals surface area contributed by atoms with Crippen LogP contribution in [0.4, 0.5) is 0 Å². The Hall–Kier alpha value is -1.87. The van der Waals surface area contributed by atoms with E-state index in [2.05, 4.69) is 36.3 Å². The van der Waals surface area contributed by atoms with Crippen LogP contribution in [0.5, 0.6) is 11.6 Å². The molecule has 1 N–H and O–H groups in total. The van der Waals surface area contributed by atoms with Crippen molar-refractivity contribution in [1.82, 2.24) is 10.3 Å². The number of aromatic nitrogens is 1. The van der Waals surface area contributed by atoms with Crippen molar-refractivity contribution in [2.45, 2.75) is 27.3 Å². The van der Waals surface area contributed by atoms with Crippen molar-refractivity contribution in [2.24, 2.45) is 0 Å². The van der Waals surface area contributed by atoms with Crippen molar-refractivity contribution in [3.8, 4) is 11.6 Å². The Morgan fingerprint density at radius 3 is 2.84 bits per heavy atom. The van der Waals surface area contributed by atoms with Crippen molar-refractivity contribution in [3.63, 3.8) is 0 Å². The Balaban J connectivity index is 2.25. The molecule has 100 valence electrons. The standard InChI is InChI=1S/C16H20N2O/c1-4-17-11-14-6-5-9-18-16(14)19-15-10-12(2)7-8-13(15)3/h5-10,17H,4,11H2,1-3H3. The minimum Gasteiger partial charge on any atom is -0.438 e. The van der Waals surface area contributed by atoms with E-state index < -0.39 is 0 Å². The lowest BCUT2D eigenvalue weighted by atomic mass is 10.1. The molecule has 0 aliphatic rings. The SMILES string of the molecule is CCNCc1cccnc1Oc1cc(C)ccc1C. The molecule has 2 rings (SSSR count). The predicted molar refractivity (Wildman–Crippen MR) is 77.6 cm³/mol. The molecule has 3 nitrogen and oxygen atoms in total. The number of ether oxygens (including phenoxy) is 1. The minimum absolute atomic E-state index is 0.678. The third-order valence-electron chi connectivity index (χ3n) is 2.97. The number of hydrogen-bond donors (Lipinski definition) is 1. The maximum Gasteiger partial charge on any atom is 0.223 e. The summed E-state index contributed by atoms with van der Waals surface area (Å²) in [6.07, 6.45) is 1.76. The highest BCUT2D eigenvalue weighted by molar-refractivity contribution is 5.39. The Morgan fingerprint density at radius 2 is 2.05 bits per heavy atom. The monoisotopic (exact) mass is 256 g/mol. The average molecular weight is 256 g/mol. The third kappa shape index (κ3) is 3.55. The van der Waals surface area contributed by atoms with Gasteiger partial charge in [-0.15, -0.1) is 0 Å². The topological polar surface area (TPSA) is 34.2 Å². The average Bonchev–Trinajstić information content (AvgIpc) is 2.42. The summed E-state index contributed by atoms with van der Waals surface area (Å²) in [5.74, 6) is 1.55. The van der Waals surface area contributed by atoms with Gasteiger partial charge in [-0.3, -0.25) is 0 Å². The zero-order valence-electron chi connectivity index (χ0n) is 11.7. The Morgan fingerprint density at radius 1 is 1.21 bits per heavy atom. The second kappa shape index (κ2) is 6.34. The van der Waals surface area contributed by atoms with E-state index in [1.807, 2.05) is 25.1 Å². The largest absolute Gasteiger partial charge is 0.438 e. The normalized spacial score (nSPS) is 10.5. The fourth-order valence-electron chi connectivity index (χ4n) is 1.83. The van der Waals surface area contributed by atoms with E-state index >= 15 is 0 Å². The molecule has 0 atom stereocenters. The molecule has 0 spiro atoms. The van der Waals surface area contributed by atoms with Gasteiger partial charge in [-0.25, -0.2) is 4.98 Å². The van der Waals surface area contributed by atoms with E-state index in [1.165, 1.54) is 5.56 Å². The zero-order valence-corrected chi connectivity index (χ0v) is 11.7. The van der Waals surface area contributed by atoms with Crippen LogP contribution in [0.1, 0.15) is 23.6 Å². The van der Waals surface area contributed by atoms with Crippen molar-refractivity contribution < 1.29 is 4.74 Å². The molecule has 0 saturated carbocycles. The maximum absolute atomic E-state index is 5.97. The summed E-state index contributed by atoms with van der Waals surface area (Å²) in [6.45, 7) is 7.88. The molecule has 0 radical (unpaired) electrons. The van der Waals surface area contributed by atoms with E-state index in [4.69, 9.17) is 4.74 Å². The van der Waals surface area contributed by atoms with Crippen molar-refractivity contribution in [1.29, 1.82) is 0 Å². The second-order valence-electron chi connectivity index (χ2n) is 4.62. The fourth-order valence-corrected chi connectivity index (χ4v) is 1.83. The van der Waals surface area contributed by atoms with Gasteiger partial charge in [0.2, 0.25) is 5.88 Å². The minimum atomic E-state index is 0.678. The first-order valence-electron chi connectivity index (χ1n) is 6.60. The molecule has 1 heterocycles. The first-order chi connectivity index (χ1) is 9.20. The molecule has 0 aliphatic heterocycles. The number of benzene rings is 1. The fraction of sp³-hybridized carbons (Fsp3) is 0.312. The van der Waals surface area contributed by atoms with Gasteiger partial charge in [0, 0.05) is 18.3 Å². The molecule has 2 aromatic rings. The van der Waals surface area contributed by atoms with Crippen LogP contribution in [0.3, 0.4) is 0 Å². The van der Waals surface area contributed by atoms with Crippen molar-refractivity contribution >= 4 is 0 Å². The van der Waals surface area contributed by atoms with E-state index in [1.54, 1.807) is 6.20 Å². The van der Waals surface area contributed by atoms with Crippen LogP contribution >= 0.6 is 0 Å². The van der Waals surface area contributed by atoms with Crippen LogP contribution in [-0.2, 0) is 6.54 Å². The number of pyridine rings is 1. The van der Waals surface area contributed by atoms with E-state index in [-0.39, 0.29) is 0 Å². The molecule has 3 heteroatoms. The predicted octanol–water partition coefficient (Wildman–Crippen LogP) is 3.60. The van der Waals surface area contributed by atoms with Gasteiger partial charge in [0.1, 0.15) is 5.75 Å². The Bertz CT molecular complexity index is 552. The summed E-state index contributed by atoms with van der Waals surface area (Å²) in [4.78, 5) is 4.34. The molecule has 1 aromatic carbocycles. The molecule has 19 heavy (non-hydrogen) atoms. The first kappa shape index (κ1) is 13.6. The Labute approximate surface area is 114 Å². The Kier molecular flexibility index (Phi) is 4.53. The number of hydrogen-bond acceptors (Lipinski definition) is 3. The van der Waals surface area contributed by atoms with E-state index in [9.17, 15) is 0 Å². The number of aryl methyl sites for hydroxylation is 2. The number of nitrogens with one attached hydrogen (secondary N) is 1. The van der Waals surface area contributed by atoms with Gasteiger partial charge in [0.05, 0.1) is 0 Å². The van der Waals surface area contributed by atoms with Crippen LogP contribution in [0.25, 0.3) is 0 Å². The molecule has 0 fully saturated rings. The summed E-state index contributed by atoms with van der Waals surface area (Å²) in [6, 6.07) is 10.2. The summed E-state index contributed by atoms with van der Waals surface area (Å²) in [5.41, 5.74) is 3.38. The quantitative estimate of drug-likeness (QED) is 0.887. The van der Waals surface area contributed by atoms with Gasteiger partial charge in [-0.2, -0.15) is 0 Å². The molecule has 1 aromatic heterocycles. The summed E-state index contributed by atoms with van der Waals surface area (Å²) >= 11 is 0. The molecule has 0 saturated heterocycles. The van der Waals surface area contributed by atoms with Crippen LogP contribution in [-0.4, -0.2) is 11.5 Å². The molecule has 0 unspecified atom stereocenters. The summed E-state index contributed by atoms with van der Waals surface area (Å²) in [5, 5.41) is 3.30. The highest BCUT2D eigenvalue weighted by Gasteiger charge is 2.07. The van der Waals surface area contributed by atoms with Gasteiger partial charge in [0.25, 0.3) is 0 Å². The third-order valence-corrected chi connectivity index (χ3v) is 2.97. The number of rotatable bonds is 5. The lowest BCUT2D eigenvalue weighted by Gasteiger charge is -2.12. The first-order valence-corrected chi connectivity index (χ1v) is 6.60. The van der Waals surface area contributed by atoms with Crippen LogP contribution in [0, 0.1) is 13.8 Å². The van der Waals surface area contributed by atoms with Crippen molar-refractivity contribution in [3.05, 3.63) is 53.2 Å². The summed E-state index contributed by atoms with van der Waals surface area (Å²) < 4.78 is 5.97. The lowest BCUT2D eigenvalue weighted by Crippen LogP contribution is -2.12. The maximum atomic E-state index is 5.97. The molecule has 0 bridgehead atoms. The van der Waals surface area contributed by atoms with E-state index in [0.717, 1.165) is 30.0 Å². The molecule has 0 amide bonds. The smallest absolute Gasteiger partial charge is 0.223 e. The zero-order chi connectivity index (χ0) is 13.7. The molecular formula is C16H20N2O. The van der Waals surface area contributed by atoms with Gasteiger partial charge >= 0.3 is 0 Å². The van der Waals surface area contributed by atoms with Crippen LogP contribution < -0.4 is 10.1 Å². The van der Waals surface area contributed by atoms with Gasteiger partial charge in [-0.05, 0) is 43.7 Å². The van der Waals surface area contributed by atoms with Crippen molar-refractivity contribution in [2.75, 3.05) is 6.54 Å². The van der Waals surface area contributed by atoms with Gasteiger partial charge < -0.3 is 10.1 Å². The van der Waals surface area contributed by atoms with Gasteiger partial charge in [-0.1, -0.05) is 25.1 Å². The number of nitrogens with zero attached hydrogens (tertiary/aromatic N) is 1. The second-order valence-corrected chi connectivity index (χ2v) is 4.62. The highest BCUT2D eigenvalue weighted by Crippen LogP contribution is 2.26. The highest BCUT2D eigenvalue weighted by atomic mass is 16.5. The summed E-state index contributed by atoms with van der Waals surface area (Å²) in [7, 11) is 0.